The van der Waals surface area contributed by atoms with Gasteiger partial charge in [0, 0.05) is 34.7 Å². The van der Waals surface area contributed by atoms with E-state index in [1.165, 1.54) is 0 Å². The predicted octanol–water partition coefficient (Wildman–Crippen LogP) is 2.41. The molecule has 0 spiro atoms. The predicted molar refractivity (Wildman–Crippen MR) is 70.7 cm³/mol. The number of halogens is 1. The van der Waals surface area contributed by atoms with Gasteiger partial charge in [-0.1, -0.05) is 0 Å². The number of thiophene rings is 1. The molecule has 6 heteroatoms. The number of aromatic nitrogens is 2. The lowest BCUT2D eigenvalue weighted by Gasteiger charge is -2.04. The summed E-state index contributed by atoms with van der Waals surface area (Å²) in [7, 11) is 0. The first-order valence-electron chi connectivity index (χ1n) is 5.20. The van der Waals surface area contributed by atoms with E-state index in [0.717, 1.165) is 9.35 Å². The second-order valence-electron chi connectivity index (χ2n) is 3.52. The third-order valence-corrected chi connectivity index (χ3v) is 4.22. The first kappa shape index (κ1) is 12.3. The lowest BCUT2D eigenvalue weighted by molar-refractivity contribution is -0.121. The molecule has 1 amide bonds. The van der Waals surface area contributed by atoms with Crippen molar-refractivity contribution in [1.29, 1.82) is 0 Å². The van der Waals surface area contributed by atoms with Gasteiger partial charge in [-0.05, 0) is 27.4 Å². The molecule has 17 heavy (non-hydrogen) atoms. The Balaban J connectivity index is 1.73. The SMILES string of the molecule is O=C(CCn1ccnc1)NCc1sccc1Br. The maximum atomic E-state index is 11.6. The highest BCUT2D eigenvalue weighted by Gasteiger charge is 2.04. The number of carbonyl (C=O) groups is 1. The number of aryl methyl sites for hydroxylation is 1. The minimum atomic E-state index is 0.0546. The second-order valence-corrected chi connectivity index (χ2v) is 5.37. The van der Waals surface area contributed by atoms with E-state index in [0.29, 0.717) is 19.5 Å². The minimum Gasteiger partial charge on any atom is -0.351 e. The monoisotopic (exact) mass is 313 g/mol. The molecule has 0 aromatic carbocycles. The molecule has 0 unspecified atom stereocenters. The highest BCUT2D eigenvalue weighted by Crippen LogP contribution is 2.22. The zero-order chi connectivity index (χ0) is 12.1. The number of nitrogens with zero attached hydrogens (tertiary/aromatic N) is 2. The van der Waals surface area contributed by atoms with Crippen LogP contribution in [0.5, 0.6) is 0 Å². The molecule has 2 aromatic heterocycles. The topological polar surface area (TPSA) is 46.9 Å². The van der Waals surface area contributed by atoms with Crippen LogP contribution < -0.4 is 5.32 Å². The van der Waals surface area contributed by atoms with E-state index in [2.05, 4.69) is 26.2 Å². The van der Waals surface area contributed by atoms with Crippen molar-refractivity contribution in [3.8, 4) is 0 Å². The van der Waals surface area contributed by atoms with Crippen molar-refractivity contribution in [3.05, 3.63) is 39.5 Å². The Hall–Kier alpha value is -1.14. The van der Waals surface area contributed by atoms with Crippen LogP contribution in [-0.4, -0.2) is 15.5 Å². The summed E-state index contributed by atoms with van der Waals surface area (Å²) in [4.78, 5) is 16.7. The maximum absolute atomic E-state index is 11.6. The van der Waals surface area contributed by atoms with Crippen LogP contribution in [0.1, 0.15) is 11.3 Å². The van der Waals surface area contributed by atoms with Gasteiger partial charge in [0.05, 0.1) is 12.9 Å². The van der Waals surface area contributed by atoms with E-state index in [9.17, 15) is 4.79 Å². The highest BCUT2D eigenvalue weighted by atomic mass is 79.9. The molecule has 0 bridgehead atoms. The van der Waals surface area contributed by atoms with Crippen LogP contribution in [0.15, 0.2) is 34.6 Å². The summed E-state index contributed by atoms with van der Waals surface area (Å²) in [6.07, 6.45) is 5.74. The Bertz CT molecular complexity index is 481. The number of rotatable bonds is 5. The van der Waals surface area contributed by atoms with Gasteiger partial charge in [0.1, 0.15) is 0 Å². The lowest BCUT2D eigenvalue weighted by Crippen LogP contribution is -2.23. The van der Waals surface area contributed by atoms with Crippen LogP contribution >= 0.6 is 27.3 Å². The van der Waals surface area contributed by atoms with Gasteiger partial charge in [-0.25, -0.2) is 4.98 Å². The van der Waals surface area contributed by atoms with E-state index < -0.39 is 0 Å². The van der Waals surface area contributed by atoms with Gasteiger partial charge in [0.2, 0.25) is 5.91 Å². The van der Waals surface area contributed by atoms with Crippen molar-refractivity contribution in [2.24, 2.45) is 0 Å². The molecule has 2 rings (SSSR count). The Kier molecular flexibility index (Phi) is 4.33. The molecule has 0 aliphatic heterocycles. The number of carbonyl (C=O) groups excluding carboxylic acids is 1. The van der Waals surface area contributed by atoms with E-state index in [1.54, 1.807) is 23.9 Å². The lowest BCUT2D eigenvalue weighted by atomic mass is 10.4. The molecule has 0 radical (unpaired) electrons. The fraction of sp³-hybridized carbons (Fsp3) is 0.273. The third-order valence-electron chi connectivity index (χ3n) is 2.29. The van der Waals surface area contributed by atoms with Gasteiger partial charge in [0.25, 0.3) is 0 Å². The second kappa shape index (κ2) is 5.97. The van der Waals surface area contributed by atoms with Crippen molar-refractivity contribution >= 4 is 33.2 Å². The summed E-state index contributed by atoms with van der Waals surface area (Å²) in [5, 5.41) is 4.89. The summed E-state index contributed by atoms with van der Waals surface area (Å²) in [6.45, 7) is 1.25. The van der Waals surface area contributed by atoms with E-state index in [4.69, 9.17) is 0 Å². The molecule has 0 aliphatic rings. The Morgan fingerprint density at radius 3 is 3.12 bits per heavy atom. The molecule has 0 saturated carbocycles. The van der Waals surface area contributed by atoms with Gasteiger partial charge in [-0.2, -0.15) is 0 Å². The van der Waals surface area contributed by atoms with Crippen molar-refractivity contribution in [1.82, 2.24) is 14.9 Å². The van der Waals surface area contributed by atoms with E-state index in [1.807, 2.05) is 22.2 Å². The smallest absolute Gasteiger partial charge is 0.222 e. The fourth-order valence-corrected chi connectivity index (χ4v) is 2.80. The third kappa shape index (κ3) is 3.67. The molecule has 0 fully saturated rings. The summed E-state index contributed by atoms with van der Waals surface area (Å²) in [5.74, 6) is 0.0546. The number of hydrogen-bond acceptors (Lipinski definition) is 3. The standard InChI is InChI=1S/C11H12BrN3OS/c12-9-2-6-17-10(9)7-14-11(16)1-4-15-5-3-13-8-15/h2-3,5-6,8H,1,4,7H2,(H,14,16). The van der Waals surface area contributed by atoms with Crippen molar-refractivity contribution in [3.63, 3.8) is 0 Å². The van der Waals surface area contributed by atoms with Gasteiger partial charge in [-0.3, -0.25) is 4.79 Å². The van der Waals surface area contributed by atoms with Gasteiger partial charge >= 0.3 is 0 Å². The number of nitrogens with one attached hydrogen (secondary N) is 1. The molecule has 4 nitrogen and oxygen atoms in total. The first-order chi connectivity index (χ1) is 8.25. The first-order valence-corrected chi connectivity index (χ1v) is 6.87. The molecule has 0 aliphatic carbocycles. The largest absolute Gasteiger partial charge is 0.351 e. The van der Waals surface area contributed by atoms with Crippen LogP contribution in [0.2, 0.25) is 0 Å². The van der Waals surface area contributed by atoms with E-state index in [-0.39, 0.29) is 5.91 Å². The van der Waals surface area contributed by atoms with Crippen molar-refractivity contribution in [2.75, 3.05) is 0 Å². The van der Waals surface area contributed by atoms with Gasteiger partial charge in [-0.15, -0.1) is 11.3 Å². The highest BCUT2D eigenvalue weighted by molar-refractivity contribution is 9.10. The normalized spacial score (nSPS) is 10.4. The molecule has 90 valence electrons. The van der Waals surface area contributed by atoms with Gasteiger partial charge in [0.15, 0.2) is 0 Å². The van der Waals surface area contributed by atoms with Crippen LogP contribution in [0.3, 0.4) is 0 Å². The number of amides is 1. The quantitative estimate of drug-likeness (QED) is 0.921. The Morgan fingerprint density at radius 1 is 1.59 bits per heavy atom. The minimum absolute atomic E-state index is 0.0546. The average Bonchev–Trinajstić information content (AvgIpc) is 2.95. The van der Waals surface area contributed by atoms with Crippen molar-refractivity contribution < 1.29 is 4.79 Å². The van der Waals surface area contributed by atoms with Crippen LogP contribution in [0, 0.1) is 0 Å². The van der Waals surface area contributed by atoms with Crippen molar-refractivity contribution in [2.45, 2.75) is 19.5 Å². The molecule has 0 atom stereocenters. The Morgan fingerprint density at radius 2 is 2.47 bits per heavy atom. The number of imidazole rings is 1. The van der Waals surface area contributed by atoms with Crippen LogP contribution in [0.4, 0.5) is 0 Å². The zero-order valence-corrected chi connectivity index (χ0v) is 11.5. The Labute approximate surface area is 112 Å². The summed E-state index contributed by atoms with van der Waals surface area (Å²) in [5.41, 5.74) is 0. The maximum Gasteiger partial charge on any atom is 0.222 e. The van der Waals surface area contributed by atoms with E-state index >= 15 is 0 Å². The van der Waals surface area contributed by atoms with Gasteiger partial charge < -0.3 is 9.88 Å². The molecule has 0 saturated heterocycles. The zero-order valence-electron chi connectivity index (χ0n) is 9.10. The molecular formula is C11H12BrN3OS. The fourth-order valence-electron chi connectivity index (χ4n) is 1.37. The molecule has 2 heterocycles. The van der Waals surface area contributed by atoms with Crippen LogP contribution in [0.25, 0.3) is 0 Å². The summed E-state index contributed by atoms with van der Waals surface area (Å²) in [6, 6.07) is 1.98. The van der Waals surface area contributed by atoms with Crippen LogP contribution in [-0.2, 0) is 17.9 Å². The summed E-state index contributed by atoms with van der Waals surface area (Å²) >= 11 is 5.06. The molecular weight excluding hydrogens is 302 g/mol. The summed E-state index contributed by atoms with van der Waals surface area (Å²) < 4.78 is 2.94. The molecule has 1 N–H and O–H groups in total. The molecule has 2 aromatic rings. The average molecular weight is 314 g/mol. The number of hydrogen-bond donors (Lipinski definition) is 1.